The van der Waals surface area contributed by atoms with Crippen molar-refractivity contribution in [2.75, 3.05) is 6.61 Å². The molecule has 1 saturated heterocycles. The van der Waals surface area contributed by atoms with Crippen molar-refractivity contribution in [3.63, 3.8) is 0 Å². The van der Waals surface area contributed by atoms with Crippen LogP contribution in [-0.2, 0) is 9.53 Å². The van der Waals surface area contributed by atoms with Gasteiger partial charge < -0.3 is 10.1 Å². The molecule has 0 aromatic carbocycles. The lowest BCUT2D eigenvalue weighted by Gasteiger charge is -2.12. The van der Waals surface area contributed by atoms with Crippen LogP contribution in [0.1, 0.15) is 39.0 Å². The van der Waals surface area contributed by atoms with Gasteiger partial charge in [-0.3, -0.25) is 4.79 Å². The highest BCUT2D eigenvalue weighted by Crippen LogP contribution is 2.15. The Morgan fingerprint density at radius 2 is 2.53 bits per heavy atom. The van der Waals surface area contributed by atoms with Crippen LogP contribution in [-0.4, -0.2) is 24.7 Å². The van der Waals surface area contributed by atoms with Crippen LogP contribution in [0, 0.1) is 11.3 Å². The van der Waals surface area contributed by atoms with Crippen LogP contribution in [0.25, 0.3) is 0 Å². The summed E-state index contributed by atoms with van der Waals surface area (Å²) < 4.78 is 5.36. The van der Waals surface area contributed by atoms with Crippen molar-refractivity contribution in [2.45, 2.75) is 51.2 Å². The van der Waals surface area contributed by atoms with Crippen LogP contribution in [0.3, 0.4) is 0 Å². The molecule has 0 saturated carbocycles. The van der Waals surface area contributed by atoms with Gasteiger partial charge in [-0.15, -0.1) is 0 Å². The van der Waals surface area contributed by atoms with Crippen LogP contribution < -0.4 is 5.32 Å². The molecule has 0 aromatic rings. The predicted molar refractivity (Wildman–Crippen MR) is 56.0 cm³/mol. The maximum atomic E-state index is 11.5. The molecule has 0 bridgehead atoms. The standard InChI is InChI=1S/C11H18N2O2/c1-2-4-9(8-12)13-11(14)7-10-5-3-6-15-10/h9-10H,2-7H2,1H3,(H,13,14). The van der Waals surface area contributed by atoms with Crippen LogP contribution in [0.5, 0.6) is 0 Å². The highest BCUT2D eigenvalue weighted by Gasteiger charge is 2.20. The molecule has 2 unspecified atom stereocenters. The zero-order chi connectivity index (χ0) is 11.1. The van der Waals surface area contributed by atoms with Gasteiger partial charge in [-0.2, -0.15) is 5.26 Å². The van der Waals surface area contributed by atoms with Gasteiger partial charge in [0, 0.05) is 6.61 Å². The molecule has 1 fully saturated rings. The van der Waals surface area contributed by atoms with E-state index in [0.717, 1.165) is 25.9 Å². The van der Waals surface area contributed by atoms with Crippen molar-refractivity contribution in [1.82, 2.24) is 5.32 Å². The summed E-state index contributed by atoms with van der Waals surface area (Å²) in [6.07, 6.45) is 4.06. The van der Waals surface area contributed by atoms with Crippen LogP contribution in [0.4, 0.5) is 0 Å². The van der Waals surface area contributed by atoms with Crippen molar-refractivity contribution in [3.8, 4) is 6.07 Å². The van der Waals surface area contributed by atoms with Gasteiger partial charge in [0.15, 0.2) is 0 Å². The highest BCUT2D eigenvalue weighted by atomic mass is 16.5. The Hall–Kier alpha value is -1.08. The largest absolute Gasteiger partial charge is 0.378 e. The summed E-state index contributed by atoms with van der Waals surface area (Å²) in [5, 5.41) is 11.5. The Morgan fingerprint density at radius 3 is 3.07 bits per heavy atom. The number of nitrogens with one attached hydrogen (secondary N) is 1. The minimum absolute atomic E-state index is 0.0611. The maximum Gasteiger partial charge on any atom is 0.223 e. The Labute approximate surface area is 90.6 Å². The first-order valence-electron chi connectivity index (χ1n) is 5.56. The lowest BCUT2D eigenvalue weighted by atomic mass is 10.1. The van der Waals surface area contributed by atoms with E-state index < -0.39 is 0 Å². The summed E-state index contributed by atoms with van der Waals surface area (Å²) >= 11 is 0. The first-order valence-corrected chi connectivity index (χ1v) is 5.56. The fourth-order valence-electron chi connectivity index (χ4n) is 1.72. The number of carbonyl (C=O) groups is 1. The summed E-state index contributed by atoms with van der Waals surface area (Å²) in [5.41, 5.74) is 0. The minimum atomic E-state index is -0.344. The number of carbonyl (C=O) groups excluding carboxylic acids is 1. The molecule has 1 heterocycles. The highest BCUT2D eigenvalue weighted by molar-refractivity contribution is 5.77. The van der Waals surface area contributed by atoms with Crippen molar-refractivity contribution in [3.05, 3.63) is 0 Å². The zero-order valence-corrected chi connectivity index (χ0v) is 9.16. The fourth-order valence-corrected chi connectivity index (χ4v) is 1.72. The molecule has 4 nitrogen and oxygen atoms in total. The summed E-state index contributed by atoms with van der Waals surface area (Å²) in [5.74, 6) is -0.0677. The average Bonchev–Trinajstić information content (AvgIpc) is 2.69. The van der Waals surface area contributed by atoms with Crippen LogP contribution in [0.2, 0.25) is 0 Å². The van der Waals surface area contributed by atoms with E-state index in [9.17, 15) is 4.79 Å². The van der Waals surface area contributed by atoms with E-state index in [-0.39, 0.29) is 18.1 Å². The van der Waals surface area contributed by atoms with Gasteiger partial charge in [0.25, 0.3) is 0 Å². The van der Waals surface area contributed by atoms with E-state index in [0.29, 0.717) is 12.8 Å². The second-order valence-corrected chi connectivity index (χ2v) is 3.88. The molecular weight excluding hydrogens is 192 g/mol. The molecule has 84 valence electrons. The molecule has 0 aromatic heterocycles. The zero-order valence-electron chi connectivity index (χ0n) is 9.16. The molecule has 1 aliphatic heterocycles. The van der Waals surface area contributed by atoms with Crippen LogP contribution >= 0.6 is 0 Å². The quantitative estimate of drug-likeness (QED) is 0.745. The van der Waals surface area contributed by atoms with Crippen LogP contribution in [0.15, 0.2) is 0 Å². The van der Waals surface area contributed by atoms with E-state index >= 15 is 0 Å². The molecule has 0 radical (unpaired) electrons. The van der Waals surface area contributed by atoms with E-state index in [2.05, 4.69) is 11.4 Å². The molecule has 0 spiro atoms. The number of amides is 1. The molecule has 1 amide bonds. The average molecular weight is 210 g/mol. The molecule has 4 heteroatoms. The Morgan fingerprint density at radius 1 is 1.73 bits per heavy atom. The number of rotatable bonds is 5. The Balaban J connectivity index is 2.24. The molecule has 1 aliphatic rings. The van der Waals surface area contributed by atoms with Gasteiger partial charge in [0.1, 0.15) is 6.04 Å². The molecule has 0 aliphatic carbocycles. The molecular formula is C11H18N2O2. The van der Waals surface area contributed by atoms with Crippen molar-refractivity contribution in [1.29, 1.82) is 5.26 Å². The number of nitrogens with zero attached hydrogens (tertiary/aromatic N) is 1. The monoisotopic (exact) mass is 210 g/mol. The first-order chi connectivity index (χ1) is 7.26. The van der Waals surface area contributed by atoms with Gasteiger partial charge >= 0.3 is 0 Å². The summed E-state index contributed by atoms with van der Waals surface area (Å²) in [6, 6.07) is 1.74. The van der Waals surface area contributed by atoms with Gasteiger partial charge in [-0.25, -0.2) is 0 Å². The fraction of sp³-hybridized carbons (Fsp3) is 0.818. The second kappa shape index (κ2) is 6.41. The Bertz CT molecular complexity index is 241. The number of nitriles is 1. The lowest BCUT2D eigenvalue weighted by Crippen LogP contribution is -2.35. The molecule has 1 rings (SSSR count). The minimum Gasteiger partial charge on any atom is -0.378 e. The second-order valence-electron chi connectivity index (χ2n) is 3.88. The van der Waals surface area contributed by atoms with Gasteiger partial charge in [0.2, 0.25) is 5.91 Å². The van der Waals surface area contributed by atoms with Gasteiger partial charge in [-0.05, 0) is 19.3 Å². The summed E-state index contributed by atoms with van der Waals surface area (Å²) in [6.45, 7) is 2.76. The SMILES string of the molecule is CCCC(C#N)NC(=O)CC1CCCO1. The van der Waals surface area contributed by atoms with Crippen molar-refractivity contribution < 1.29 is 9.53 Å². The smallest absolute Gasteiger partial charge is 0.223 e. The van der Waals surface area contributed by atoms with E-state index in [1.807, 2.05) is 6.92 Å². The predicted octanol–water partition coefficient (Wildman–Crippen LogP) is 1.36. The van der Waals surface area contributed by atoms with Crippen molar-refractivity contribution >= 4 is 5.91 Å². The third kappa shape index (κ3) is 4.30. The number of ether oxygens (including phenoxy) is 1. The number of hydrogen-bond donors (Lipinski definition) is 1. The van der Waals surface area contributed by atoms with E-state index in [1.54, 1.807) is 0 Å². The molecule has 15 heavy (non-hydrogen) atoms. The maximum absolute atomic E-state index is 11.5. The van der Waals surface area contributed by atoms with Gasteiger partial charge in [-0.1, -0.05) is 13.3 Å². The first kappa shape index (κ1) is 12.0. The van der Waals surface area contributed by atoms with E-state index in [1.165, 1.54) is 0 Å². The lowest BCUT2D eigenvalue weighted by molar-refractivity contribution is -0.123. The summed E-state index contributed by atoms with van der Waals surface area (Å²) in [7, 11) is 0. The molecule has 2 atom stereocenters. The van der Waals surface area contributed by atoms with Crippen molar-refractivity contribution in [2.24, 2.45) is 0 Å². The third-order valence-electron chi connectivity index (χ3n) is 2.51. The summed E-state index contributed by atoms with van der Waals surface area (Å²) in [4.78, 5) is 11.5. The Kier molecular flexibility index (Phi) is 5.13. The third-order valence-corrected chi connectivity index (χ3v) is 2.51. The normalized spacial score (nSPS) is 22.0. The van der Waals surface area contributed by atoms with Gasteiger partial charge in [0.05, 0.1) is 18.6 Å². The topological polar surface area (TPSA) is 62.1 Å². The van der Waals surface area contributed by atoms with E-state index in [4.69, 9.17) is 10.00 Å². The molecule has 1 N–H and O–H groups in total. The number of hydrogen-bond acceptors (Lipinski definition) is 3.